The SMILES string of the molecule is CC(CNC(=O)C(C)(C)C1CCCC1)(C(=O)O)c1ccccc1. The lowest BCUT2D eigenvalue weighted by molar-refractivity contribution is -0.143. The van der Waals surface area contributed by atoms with Gasteiger partial charge in [0.2, 0.25) is 5.91 Å². The van der Waals surface area contributed by atoms with E-state index in [4.69, 9.17) is 0 Å². The minimum atomic E-state index is -1.12. The van der Waals surface area contributed by atoms with Crippen molar-refractivity contribution in [1.82, 2.24) is 5.32 Å². The molecule has 23 heavy (non-hydrogen) atoms. The van der Waals surface area contributed by atoms with Crippen molar-refractivity contribution in [1.29, 1.82) is 0 Å². The van der Waals surface area contributed by atoms with Crippen LogP contribution in [0.25, 0.3) is 0 Å². The van der Waals surface area contributed by atoms with Crippen LogP contribution in [0.3, 0.4) is 0 Å². The summed E-state index contributed by atoms with van der Waals surface area (Å²) in [4.78, 5) is 24.4. The first-order valence-electron chi connectivity index (χ1n) is 8.35. The van der Waals surface area contributed by atoms with Crippen LogP contribution in [-0.2, 0) is 15.0 Å². The molecule has 1 aliphatic rings. The predicted molar refractivity (Wildman–Crippen MR) is 90.2 cm³/mol. The first kappa shape index (κ1) is 17.5. The molecule has 1 fully saturated rings. The third-order valence-corrected chi connectivity index (χ3v) is 5.45. The van der Waals surface area contributed by atoms with Gasteiger partial charge in [-0.25, -0.2) is 0 Å². The fraction of sp³-hybridized carbons (Fsp3) is 0.579. The number of benzene rings is 1. The highest BCUT2D eigenvalue weighted by atomic mass is 16.4. The van der Waals surface area contributed by atoms with Gasteiger partial charge in [-0.15, -0.1) is 0 Å². The molecule has 0 spiro atoms. The smallest absolute Gasteiger partial charge is 0.315 e. The molecular weight excluding hydrogens is 290 g/mol. The van der Waals surface area contributed by atoms with E-state index in [1.165, 1.54) is 12.8 Å². The fourth-order valence-corrected chi connectivity index (χ4v) is 3.42. The quantitative estimate of drug-likeness (QED) is 0.845. The first-order valence-corrected chi connectivity index (χ1v) is 8.35. The standard InChI is InChI=1S/C19H27NO3/c1-18(2,14-9-7-8-10-14)16(21)20-13-19(3,17(22)23)15-11-5-4-6-12-15/h4-6,11-12,14H,7-10,13H2,1-3H3,(H,20,21)(H,22,23). The molecule has 0 bridgehead atoms. The molecule has 0 aliphatic heterocycles. The summed E-state index contributed by atoms with van der Waals surface area (Å²) in [5.74, 6) is -0.592. The monoisotopic (exact) mass is 317 g/mol. The highest BCUT2D eigenvalue weighted by molar-refractivity contribution is 5.85. The molecule has 0 radical (unpaired) electrons. The van der Waals surface area contributed by atoms with Gasteiger partial charge in [0.25, 0.3) is 0 Å². The summed E-state index contributed by atoms with van der Waals surface area (Å²) in [7, 11) is 0. The van der Waals surface area contributed by atoms with Gasteiger partial charge in [0, 0.05) is 12.0 Å². The molecule has 4 nitrogen and oxygen atoms in total. The van der Waals surface area contributed by atoms with Crippen molar-refractivity contribution >= 4 is 11.9 Å². The Morgan fingerprint density at radius 1 is 1.13 bits per heavy atom. The molecular formula is C19H27NO3. The van der Waals surface area contributed by atoms with E-state index in [0.29, 0.717) is 11.5 Å². The van der Waals surface area contributed by atoms with Gasteiger partial charge in [0.05, 0.1) is 0 Å². The minimum absolute atomic E-state index is 0.0483. The summed E-state index contributed by atoms with van der Waals surface area (Å²) in [5.41, 5.74) is -0.874. The average Bonchev–Trinajstić information content (AvgIpc) is 3.08. The van der Waals surface area contributed by atoms with E-state index in [9.17, 15) is 14.7 Å². The number of nitrogens with one attached hydrogen (secondary N) is 1. The zero-order valence-corrected chi connectivity index (χ0v) is 14.3. The zero-order chi connectivity index (χ0) is 17.1. The van der Waals surface area contributed by atoms with Gasteiger partial charge in [-0.2, -0.15) is 0 Å². The van der Waals surface area contributed by atoms with Crippen LogP contribution in [0, 0.1) is 11.3 Å². The Kier molecular flexibility index (Phi) is 5.12. The number of carbonyl (C=O) groups is 2. The van der Waals surface area contributed by atoms with Crippen molar-refractivity contribution in [3.63, 3.8) is 0 Å². The van der Waals surface area contributed by atoms with Crippen molar-refractivity contribution in [2.75, 3.05) is 6.54 Å². The second-order valence-electron chi connectivity index (χ2n) is 7.39. The highest BCUT2D eigenvalue weighted by Crippen LogP contribution is 2.39. The number of carboxylic acid groups (broad SMARTS) is 1. The van der Waals surface area contributed by atoms with Gasteiger partial charge in [0.15, 0.2) is 0 Å². The van der Waals surface area contributed by atoms with Crippen molar-refractivity contribution in [3.8, 4) is 0 Å². The molecule has 2 rings (SSSR count). The maximum absolute atomic E-state index is 12.6. The maximum atomic E-state index is 12.6. The summed E-state index contributed by atoms with van der Waals surface area (Å²) < 4.78 is 0. The van der Waals surface area contributed by atoms with Crippen molar-refractivity contribution in [2.45, 2.75) is 51.9 Å². The lowest BCUT2D eigenvalue weighted by Gasteiger charge is -2.32. The van der Waals surface area contributed by atoms with Gasteiger partial charge >= 0.3 is 5.97 Å². The molecule has 1 aliphatic carbocycles. The van der Waals surface area contributed by atoms with Crippen LogP contribution in [0.4, 0.5) is 0 Å². The molecule has 1 amide bonds. The third-order valence-electron chi connectivity index (χ3n) is 5.45. The van der Waals surface area contributed by atoms with Crippen LogP contribution < -0.4 is 5.32 Å². The normalized spacial score (nSPS) is 18.4. The Hall–Kier alpha value is -1.84. The van der Waals surface area contributed by atoms with Gasteiger partial charge in [0.1, 0.15) is 5.41 Å². The molecule has 1 aromatic rings. The van der Waals surface area contributed by atoms with Crippen LogP contribution in [0.15, 0.2) is 30.3 Å². The van der Waals surface area contributed by atoms with Gasteiger partial charge < -0.3 is 10.4 Å². The molecule has 2 N–H and O–H groups in total. The first-order chi connectivity index (χ1) is 10.8. The molecule has 4 heteroatoms. The van der Waals surface area contributed by atoms with E-state index < -0.39 is 16.8 Å². The van der Waals surface area contributed by atoms with E-state index in [0.717, 1.165) is 12.8 Å². The van der Waals surface area contributed by atoms with E-state index in [1.54, 1.807) is 19.1 Å². The second kappa shape index (κ2) is 6.73. The Labute approximate surface area is 138 Å². The number of hydrogen-bond donors (Lipinski definition) is 2. The number of amides is 1. The minimum Gasteiger partial charge on any atom is -0.481 e. The Balaban J connectivity index is 2.10. The fourth-order valence-electron chi connectivity index (χ4n) is 3.42. The molecule has 1 aromatic carbocycles. The van der Waals surface area contributed by atoms with Crippen molar-refractivity contribution in [3.05, 3.63) is 35.9 Å². The largest absolute Gasteiger partial charge is 0.481 e. The summed E-state index contributed by atoms with van der Waals surface area (Å²) in [5, 5.41) is 12.6. The molecule has 0 heterocycles. The van der Waals surface area contributed by atoms with Gasteiger partial charge in [-0.05, 0) is 31.2 Å². The van der Waals surface area contributed by atoms with Crippen molar-refractivity contribution in [2.24, 2.45) is 11.3 Å². The van der Waals surface area contributed by atoms with Crippen LogP contribution >= 0.6 is 0 Å². The predicted octanol–water partition coefficient (Wildman–Crippen LogP) is 3.36. The average molecular weight is 317 g/mol. The summed E-state index contributed by atoms with van der Waals surface area (Å²) in [6.07, 6.45) is 4.51. The Bertz CT molecular complexity index is 561. The third kappa shape index (κ3) is 3.57. The van der Waals surface area contributed by atoms with Crippen LogP contribution in [0.5, 0.6) is 0 Å². The Morgan fingerprint density at radius 2 is 1.70 bits per heavy atom. The lowest BCUT2D eigenvalue weighted by atomic mass is 9.76. The summed E-state index contributed by atoms with van der Waals surface area (Å²) in [6, 6.07) is 9.08. The van der Waals surface area contributed by atoms with Crippen molar-refractivity contribution < 1.29 is 14.7 Å². The second-order valence-corrected chi connectivity index (χ2v) is 7.39. The van der Waals surface area contributed by atoms with Crippen LogP contribution in [-0.4, -0.2) is 23.5 Å². The number of carboxylic acids is 1. The zero-order valence-electron chi connectivity index (χ0n) is 14.3. The lowest BCUT2D eigenvalue weighted by Crippen LogP contribution is -2.49. The topological polar surface area (TPSA) is 66.4 Å². The number of hydrogen-bond acceptors (Lipinski definition) is 2. The van der Waals surface area contributed by atoms with Crippen LogP contribution in [0.1, 0.15) is 52.0 Å². The van der Waals surface area contributed by atoms with E-state index in [-0.39, 0.29) is 12.5 Å². The van der Waals surface area contributed by atoms with E-state index in [2.05, 4.69) is 5.32 Å². The number of rotatable bonds is 6. The summed E-state index contributed by atoms with van der Waals surface area (Å²) in [6.45, 7) is 5.70. The number of aliphatic carboxylic acids is 1. The number of carbonyl (C=O) groups excluding carboxylic acids is 1. The van der Waals surface area contributed by atoms with Gasteiger partial charge in [-0.3, -0.25) is 9.59 Å². The molecule has 0 aromatic heterocycles. The van der Waals surface area contributed by atoms with Gasteiger partial charge in [-0.1, -0.05) is 57.0 Å². The molecule has 1 saturated carbocycles. The molecule has 1 atom stereocenters. The summed E-state index contributed by atoms with van der Waals surface area (Å²) >= 11 is 0. The van der Waals surface area contributed by atoms with E-state index in [1.807, 2.05) is 32.0 Å². The maximum Gasteiger partial charge on any atom is 0.315 e. The van der Waals surface area contributed by atoms with E-state index >= 15 is 0 Å². The Morgan fingerprint density at radius 3 is 2.22 bits per heavy atom. The molecule has 0 saturated heterocycles. The molecule has 1 unspecified atom stereocenters. The molecule has 126 valence electrons. The van der Waals surface area contributed by atoms with Crippen LogP contribution in [0.2, 0.25) is 0 Å². The highest BCUT2D eigenvalue weighted by Gasteiger charge is 2.41.